The van der Waals surface area contributed by atoms with Gasteiger partial charge in [0.15, 0.2) is 11.6 Å². The molecule has 0 radical (unpaired) electrons. The number of hydrogen-bond acceptors (Lipinski definition) is 6. The first-order chi connectivity index (χ1) is 50.6. The molecule has 22 aromatic rings. The highest BCUT2D eigenvalue weighted by Gasteiger charge is 2.26. The van der Waals surface area contributed by atoms with Crippen molar-refractivity contribution >= 4 is 131 Å². The summed E-state index contributed by atoms with van der Waals surface area (Å²) in [7, 11) is 0. The topological polar surface area (TPSA) is 97.6 Å². The van der Waals surface area contributed by atoms with E-state index in [4.69, 9.17) is 28.8 Å². The molecule has 10 heteroatoms. The smallest absolute Gasteiger partial charge is 0.162 e. The van der Waals surface area contributed by atoms with Gasteiger partial charge < -0.3 is 18.0 Å². The van der Waals surface area contributed by atoms with Crippen LogP contribution < -0.4 is 0 Å². The summed E-state index contributed by atoms with van der Waals surface area (Å²) in [4.78, 5) is 21.2. The van der Waals surface area contributed by atoms with E-state index in [1.165, 1.54) is 65.2 Å². The molecule has 14 aromatic carbocycles. The minimum Gasteiger partial charge on any atom is -0.456 e. The number of hydrogen-bond donors (Lipinski definition) is 0. The highest BCUT2D eigenvalue weighted by molar-refractivity contribution is 6.28. The molecule has 0 bridgehead atoms. The maximum Gasteiger partial charge on any atom is 0.162 e. The van der Waals surface area contributed by atoms with E-state index in [0.717, 1.165) is 123 Å². The molecule has 22 rings (SSSR count). The number of benzene rings is 14. The van der Waals surface area contributed by atoms with Crippen molar-refractivity contribution in [3.8, 4) is 68.3 Å². The fourth-order valence-electron chi connectivity index (χ4n) is 15.9. The van der Waals surface area contributed by atoms with Gasteiger partial charge >= 0.3 is 0 Å². The summed E-state index contributed by atoms with van der Waals surface area (Å²) in [6.07, 6.45) is 0. The molecular formula is C92H56N8O2. The van der Waals surface area contributed by atoms with Crippen LogP contribution in [-0.4, -0.2) is 38.2 Å². The second-order valence-corrected chi connectivity index (χ2v) is 26.0. The minimum absolute atomic E-state index is 0.647. The Bertz CT molecular complexity index is 7120. The lowest BCUT2D eigenvalue weighted by Gasteiger charge is -2.13. The largest absolute Gasteiger partial charge is 0.456 e. The van der Waals surface area contributed by atoms with Gasteiger partial charge in [-0.2, -0.15) is 0 Å². The van der Waals surface area contributed by atoms with Crippen molar-refractivity contribution < 1.29 is 8.83 Å². The zero-order valence-corrected chi connectivity index (χ0v) is 54.7. The van der Waals surface area contributed by atoms with Crippen molar-refractivity contribution in [2.75, 3.05) is 0 Å². The highest BCUT2D eigenvalue weighted by atomic mass is 16.3. The first-order valence-corrected chi connectivity index (χ1v) is 34.4. The first kappa shape index (κ1) is 57.1. The Labute approximate surface area is 582 Å². The van der Waals surface area contributed by atoms with E-state index in [2.05, 4.69) is 291 Å². The maximum atomic E-state index is 6.30. The van der Waals surface area contributed by atoms with Crippen molar-refractivity contribution in [1.82, 2.24) is 38.2 Å². The molecule has 0 fully saturated rings. The predicted molar refractivity (Wildman–Crippen MR) is 418 cm³/mol. The average molecular weight is 1310 g/mol. The number of aromatic nitrogens is 8. The van der Waals surface area contributed by atoms with Crippen LogP contribution in [0.3, 0.4) is 0 Å². The van der Waals surface area contributed by atoms with Crippen LogP contribution in [0, 0.1) is 0 Å². The van der Waals surface area contributed by atoms with E-state index in [0.29, 0.717) is 11.6 Å². The number of furan rings is 2. The molecule has 0 aliphatic heterocycles. The Balaban J connectivity index is 0.000000133. The second-order valence-electron chi connectivity index (χ2n) is 26.0. The lowest BCUT2D eigenvalue weighted by atomic mass is 10.1. The lowest BCUT2D eigenvalue weighted by Crippen LogP contribution is -2.02. The zero-order valence-electron chi connectivity index (χ0n) is 54.7. The van der Waals surface area contributed by atoms with Crippen LogP contribution in [-0.2, 0) is 0 Å². The van der Waals surface area contributed by atoms with Crippen molar-refractivity contribution in [2.24, 2.45) is 0 Å². The van der Waals surface area contributed by atoms with Crippen LogP contribution in [0.25, 0.3) is 199 Å². The van der Waals surface area contributed by atoms with Crippen LogP contribution in [0.15, 0.2) is 349 Å². The van der Waals surface area contributed by atoms with E-state index < -0.39 is 0 Å². The molecule has 0 amide bonds. The molecule has 0 atom stereocenters. The molecule has 8 heterocycles. The molecule has 0 spiro atoms. The quantitative estimate of drug-likeness (QED) is 0.150. The monoisotopic (exact) mass is 1300 g/mol. The molecule has 476 valence electrons. The van der Waals surface area contributed by atoms with Crippen molar-refractivity contribution in [2.45, 2.75) is 0 Å². The van der Waals surface area contributed by atoms with E-state index in [9.17, 15) is 0 Å². The summed E-state index contributed by atoms with van der Waals surface area (Å²) in [6, 6.07) is 119. The summed E-state index contributed by atoms with van der Waals surface area (Å²) < 4.78 is 21.9. The second kappa shape index (κ2) is 22.8. The Morgan fingerprint density at radius 1 is 0.216 bits per heavy atom. The third-order valence-electron chi connectivity index (χ3n) is 20.3. The highest BCUT2D eigenvalue weighted by Crippen LogP contribution is 2.46. The summed E-state index contributed by atoms with van der Waals surface area (Å²) in [5.74, 6) is 2.92. The van der Waals surface area contributed by atoms with E-state index in [1.54, 1.807) is 0 Å². The molecule has 0 aliphatic carbocycles. The standard InChI is InChI=1S/2C46H28N4O/c1-3-14-29(15-4-1)36-28-42(48-46(47-36)35-21-13-25-41-43(35)34-20-9-12-24-40(34)51-41)50-38-23-11-8-19-33(38)44-39(50)27-26-32-31-18-7-10-22-37(31)49(45(32)44)30-16-5-2-6-17-30;1-3-13-29(14-4-1)37-28-43(48-46(47-37)30-23-26-42-36(27-30)33-18-9-12-22-41(33)51-42)50-39-21-11-8-19-35(39)44-40(50)25-24-34-32-17-7-10-20-38(32)49(45(34)44)31-15-5-2-6-16-31/h2*1-28H. The van der Waals surface area contributed by atoms with Crippen LogP contribution in [0.5, 0.6) is 0 Å². The normalized spacial score (nSPS) is 11.9. The van der Waals surface area contributed by atoms with Gasteiger partial charge in [-0.05, 0) is 97.1 Å². The van der Waals surface area contributed by atoms with Crippen molar-refractivity contribution in [3.05, 3.63) is 340 Å². The molecule has 8 aromatic heterocycles. The van der Waals surface area contributed by atoms with Gasteiger partial charge in [0.05, 0.1) is 55.5 Å². The number of fused-ring (bicyclic) bond motifs is 20. The number of rotatable bonds is 8. The summed E-state index contributed by atoms with van der Waals surface area (Å²) in [6.45, 7) is 0. The first-order valence-electron chi connectivity index (χ1n) is 34.4. The van der Waals surface area contributed by atoms with Crippen molar-refractivity contribution in [1.29, 1.82) is 0 Å². The van der Waals surface area contributed by atoms with Crippen molar-refractivity contribution in [3.63, 3.8) is 0 Å². The SMILES string of the molecule is c1ccc(-c2cc(-n3c4ccccc4c4c3ccc3c5ccccc5n(-c5ccccc5)c34)nc(-c3ccc4oc5ccccc5c4c3)n2)cc1.c1ccc(-c2cc(-n3c4ccccc4c4c3ccc3c5ccccc5n(-c5ccccc5)c34)nc(-c3cccc4oc5ccccc5c34)n2)cc1. The Morgan fingerprint density at radius 3 is 1.16 bits per heavy atom. The van der Waals surface area contributed by atoms with E-state index in [-0.39, 0.29) is 0 Å². The molecular weight excluding hydrogens is 1250 g/mol. The van der Waals surface area contributed by atoms with Gasteiger partial charge in [-0.3, -0.25) is 9.13 Å². The lowest BCUT2D eigenvalue weighted by molar-refractivity contribution is 0.668. The van der Waals surface area contributed by atoms with E-state index in [1.807, 2.05) is 66.7 Å². The molecule has 0 aliphatic rings. The fourth-order valence-corrected chi connectivity index (χ4v) is 15.9. The van der Waals surface area contributed by atoms with Gasteiger partial charge in [-0.25, -0.2) is 19.9 Å². The average Bonchev–Trinajstić information content (AvgIpc) is 1.55. The summed E-state index contributed by atoms with van der Waals surface area (Å²) in [5.41, 5.74) is 20.3. The molecule has 0 N–H and O–H groups in total. The van der Waals surface area contributed by atoms with Gasteiger partial charge in [-0.1, -0.05) is 231 Å². The molecule has 0 saturated heterocycles. The zero-order chi connectivity index (χ0) is 66.9. The molecule has 102 heavy (non-hydrogen) atoms. The molecule has 10 nitrogen and oxygen atoms in total. The molecule has 0 unspecified atom stereocenters. The maximum absolute atomic E-state index is 6.30. The third-order valence-corrected chi connectivity index (χ3v) is 20.3. The predicted octanol–water partition coefficient (Wildman–Crippen LogP) is 23.8. The van der Waals surface area contributed by atoms with Gasteiger partial charge in [0.25, 0.3) is 0 Å². The third kappa shape index (κ3) is 8.86. The summed E-state index contributed by atoms with van der Waals surface area (Å²) in [5, 5.41) is 13.8. The Morgan fingerprint density at radius 2 is 0.618 bits per heavy atom. The van der Waals surface area contributed by atoms with Gasteiger partial charge in [0, 0.05) is 110 Å². The Kier molecular flexibility index (Phi) is 12.8. The van der Waals surface area contributed by atoms with Crippen LogP contribution in [0.2, 0.25) is 0 Å². The van der Waals surface area contributed by atoms with Gasteiger partial charge in [0.2, 0.25) is 0 Å². The van der Waals surface area contributed by atoms with Gasteiger partial charge in [-0.15, -0.1) is 0 Å². The summed E-state index contributed by atoms with van der Waals surface area (Å²) >= 11 is 0. The van der Waals surface area contributed by atoms with Crippen LogP contribution in [0.4, 0.5) is 0 Å². The van der Waals surface area contributed by atoms with E-state index >= 15 is 0 Å². The Hall–Kier alpha value is -14.0. The number of para-hydroxylation sites is 8. The fraction of sp³-hybridized carbons (Fsp3) is 0. The van der Waals surface area contributed by atoms with Crippen LogP contribution >= 0.6 is 0 Å². The minimum atomic E-state index is 0.647. The molecule has 0 saturated carbocycles. The van der Waals surface area contributed by atoms with Gasteiger partial charge in [0.1, 0.15) is 34.0 Å². The van der Waals surface area contributed by atoms with Crippen LogP contribution in [0.1, 0.15) is 0 Å². The number of nitrogens with zero attached hydrogens (tertiary/aromatic N) is 8.